The summed E-state index contributed by atoms with van der Waals surface area (Å²) in [6, 6.07) is 15.1. The molecule has 0 saturated heterocycles. The molecule has 4 rings (SSSR count). The minimum absolute atomic E-state index is 0.0709. The van der Waals surface area contributed by atoms with Crippen LogP contribution in [0.15, 0.2) is 54.9 Å². The van der Waals surface area contributed by atoms with E-state index in [0.717, 1.165) is 28.1 Å². The van der Waals surface area contributed by atoms with Gasteiger partial charge in [-0.05, 0) is 34.4 Å². The summed E-state index contributed by atoms with van der Waals surface area (Å²) in [5.41, 5.74) is 4.49. The van der Waals surface area contributed by atoms with Gasteiger partial charge in [0.1, 0.15) is 24.8 Å². The van der Waals surface area contributed by atoms with E-state index in [1.54, 1.807) is 6.33 Å². The third-order valence-electron chi connectivity index (χ3n) is 5.52. The second-order valence-electron chi connectivity index (χ2n) is 7.56. The lowest BCUT2D eigenvalue weighted by Gasteiger charge is -2.17. The van der Waals surface area contributed by atoms with Crippen molar-refractivity contribution in [3.63, 3.8) is 0 Å². The van der Waals surface area contributed by atoms with E-state index >= 15 is 0 Å². The molecule has 3 aromatic rings. The average molecular weight is 453 g/mol. The summed E-state index contributed by atoms with van der Waals surface area (Å²) in [7, 11) is 1.86. The molecule has 1 aliphatic carbocycles. The van der Waals surface area contributed by atoms with Crippen LogP contribution in [0.2, 0.25) is 0 Å². The van der Waals surface area contributed by atoms with Crippen LogP contribution in [-0.2, 0) is 22.3 Å². The lowest BCUT2D eigenvalue weighted by Crippen LogP contribution is -2.41. The first-order valence-corrected chi connectivity index (χ1v) is 11.4. The zero-order chi connectivity index (χ0) is 22.5. The summed E-state index contributed by atoms with van der Waals surface area (Å²) in [6.07, 6.45) is 1.18. The molecule has 32 heavy (non-hydrogen) atoms. The van der Waals surface area contributed by atoms with Crippen molar-refractivity contribution in [2.75, 3.05) is 12.4 Å². The van der Waals surface area contributed by atoms with E-state index in [2.05, 4.69) is 27.6 Å². The molecule has 1 amide bonds. The fraction of sp³-hybridized carbons (Fsp3) is 0.304. The van der Waals surface area contributed by atoms with Crippen molar-refractivity contribution >= 4 is 23.8 Å². The molecule has 0 fully saturated rings. The number of benzene rings is 2. The molecule has 1 atom stereocenters. The number of hydrogen-bond acceptors (Lipinski definition) is 6. The van der Waals surface area contributed by atoms with E-state index < -0.39 is 18.1 Å². The van der Waals surface area contributed by atoms with Crippen molar-refractivity contribution in [1.82, 2.24) is 20.1 Å². The number of aryl methyl sites for hydroxylation is 1. The van der Waals surface area contributed by atoms with Gasteiger partial charge in [0.05, 0.1) is 5.75 Å². The number of aliphatic carboxylic acids is 1. The minimum Gasteiger partial charge on any atom is -0.480 e. The van der Waals surface area contributed by atoms with E-state index in [1.807, 2.05) is 48.0 Å². The molecule has 0 radical (unpaired) electrons. The van der Waals surface area contributed by atoms with Gasteiger partial charge in [0.25, 0.3) is 0 Å². The second kappa shape index (κ2) is 9.86. The normalized spacial score (nSPS) is 13.3. The topological polar surface area (TPSA) is 106 Å². The van der Waals surface area contributed by atoms with Gasteiger partial charge in [0.15, 0.2) is 0 Å². The molecular weight excluding hydrogens is 428 g/mol. The lowest BCUT2D eigenvalue weighted by molar-refractivity contribution is -0.139. The van der Waals surface area contributed by atoms with Crippen molar-refractivity contribution in [3.8, 4) is 11.1 Å². The van der Waals surface area contributed by atoms with E-state index in [-0.39, 0.29) is 18.9 Å². The Balaban J connectivity index is 1.30. The third-order valence-corrected chi connectivity index (χ3v) is 6.51. The van der Waals surface area contributed by atoms with E-state index in [1.165, 1.54) is 11.8 Å². The number of alkyl carbamates (subject to hydrolysis) is 1. The van der Waals surface area contributed by atoms with Crippen LogP contribution >= 0.6 is 11.8 Å². The average Bonchev–Trinajstić information content (AvgIpc) is 3.35. The Bertz CT molecular complexity index is 1070. The predicted octanol–water partition coefficient (Wildman–Crippen LogP) is 3.43. The number of carbonyl (C=O) groups excluding carboxylic acids is 1. The highest BCUT2D eigenvalue weighted by Gasteiger charge is 2.29. The molecular formula is C23H24N4O4S. The van der Waals surface area contributed by atoms with Crippen LogP contribution in [0.4, 0.5) is 4.79 Å². The number of ether oxygens (including phenoxy) is 1. The Morgan fingerprint density at radius 1 is 1.16 bits per heavy atom. The third kappa shape index (κ3) is 4.77. The summed E-state index contributed by atoms with van der Waals surface area (Å²) < 4.78 is 7.28. The Kier molecular flexibility index (Phi) is 6.75. The quantitative estimate of drug-likeness (QED) is 0.479. The number of rotatable bonds is 9. The van der Waals surface area contributed by atoms with Gasteiger partial charge in [0.2, 0.25) is 0 Å². The fourth-order valence-corrected chi connectivity index (χ4v) is 4.83. The van der Waals surface area contributed by atoms with Gasteiger partial charge >= 0.3 is 12.1 Å². The molecule has 1 aliphatic rings. The van der Waals surface area contributed by atoms with Crippen LogP contribution in [-0.4, -0.2) is 50.3 Å². The zero-order valence-electron chi connectivity index (χ0n) is 17.6. The monoisotopic (exact) mass is 452 g/mol. The van der Waals surface area contributed by atoms with E-state index in [4.69, 9.17) is 4.74 Å². The van der Waals surface area contributed by atoms with Crippen LogP contribution in [0.25, 0.3) is 11.1 Å². The fourth-order valence-electron chi connectivity index (χ4n) is 3.84. The van der Waals surface area contributed by atoms with Crippen LogP contribution in [0, 0.1) is 0 Å². The number of aromatic nitrogens is 3. The maximum absolute atomic E-state index is 12.4. The molecule has 9 heteroatoms. The highest BCUT2D eigenvalue weighted by Crippen LogP contribution is 2.44. The van der Waals surface area contributed by atoms with Gasteiger partial charge in [-0.25, -0.2) is 9.59 Å². The van der Waals surface area contributed by atoms with Crippen LogP contribution in [0.1, 0.15) is 29.3 Å². The van der Waals surface area contributed by atoms with Gasteiger partial charge in [-0.3, -0.25) is 0 Å². The number of thioether (sulfide) groups is 1. The van der Waals surface area contributed by atoms with Gasteiger partial charge in [-0.2, -0.15) is 11.8 Å². The molecule has 0 aliphatic heterocycles. The summed E-state index contributed by atoms with van der Waals surface area (Å²) >= 11 is 1.54. The minimum atomic E-state index is -1.09. The lowest BCUT2D eigenvalue weighted by atomic mass is 9.98. The van der Waals surface area contributed by atoms with Gasteiger partial charge in [0, 0.05) is 13.0 Å². The Morgan fingerprint density at radius 3 is 2.41 bits per heavy atom. The van der Waals surface area contributed by atoms with E-state index in [9.17, 15) is 14.7 Å². The predicted molar refractivity (Wildman–Crippen MR) is 121 cm³/mol. The van der Waals surface area contributed by atoms with Gasteiger partial charge in [-0.15, -0.1) is 10.2 Å². The van der Waals surface area contributed by atoms with Crippen molar-refractivity contribution in [2.24, 2.45) is 7.05 Å². The summed E-state index contributed by atoms with van der Waals surface area (Å²) in [4.78, 5) is 24.0. The first-order valence-electron chi connectivity index (χ1n) is 10.3. The molecule has 2 aromatic carbocycles. The van der Waals surface area contributed by atoms with E-state index in [0.29, 0.717) is 11.5 Å². The maximum atomic E-state index is 12.4. The molecule has 0 saturated carbocycles. The molecule has 0 bridgehead atoms. The molecule has 1 heterocycles. The van der Waals surface area contributed by atoms with Gasteiger partial charge < -0.3 is 19.7 Å². The molecule has 8 nitrogen and oxygen atoms in total. The number of amides is 1. The first kappa shape index (κ1) is 21.9. The maximum Gasteiger partial charge on any atom is 0.407 e. The molecule has 0 spiro atoms. The summed E-state index contributed by atoms with van der Waals surface area (Å²) in [6.45, 7) is 0.146. The number of fused-ring (bicyclic) bond motifs is 3. The first-order chi connectivity index (χ1) is 15.5. The smallest absolute Gasteiger partial charge is 0.407 e. The number of carbonyl (C=O) groups is 2. The number of nitrogens with one attached hydrogen (secondary N) is 1. The number of hydrogen-bond donors (Lipinski definition) is 2. The largest absolute Gasteiger partial charge is 0.480 e. The van der Waals surface area contributed by atoms with Crippen molar-refractivity contribution in [2.45, 2.75) is 24.1 Å². The van der Waals surface area contributed by atoms with Crippen LogP contribution in [0.5, 0.6) is 0 Å². The number of nitrogens with zero attached hydrogens (tertiary/aromatic N) is 3. The van der Waals surface area contributed by atoms with Crippen LogP contribution < -0.4 is 5.32 Å². The molecule has 166 valence electrons. The Morgan fingerprint density at radius 2 is 1.81 bits per heavy atom. The second-order valence-corrected chi connectivity index (χ2v) is 8.67. The highest BCUT2D eigenvalue weighted by atomic mass is 32.2. The summed E-state index contributed by atoms with van der Waals surface area (Å²) in [5, 5.41) is 19.8. The number of carboxylic acid groups (broad SMARTS) is 1. The van der Waals surface area contributed by atoms with Crippen molar-refractivity contribution < 1.29 is 19.4 Å². The molecule has 2 N–H and O–H groups in total. The zero-order valence-corrected chi connectivity index (χ0v) is 18.4. The summed E-state index contributed by atoms with van der Waals surface area (Å²) in [5.74, 6) is 0.823. The van der Waals surface area contributed by atoms with Crippen LogP contribution in [0.3, 0.4) is 0 Å². The Hall–Kier alpha value is -3.33. The molecule has 1 aromatic heterocycles. The van der Waals surface area contributed by atoms with Crippen molar-refractivity contribution in [3.05, 3.63) is 71.8 Å². The highest BCUT2D eigenvalue weighted by molar-refractivity contribution is 7.98. The Labute approximate surface area is 190 Å². The number of carboxylic acids is 1. The van der Waals surface area contributed by atoms with Gasteiger partial charge in [-0.1, -0.05) is 48.5 Å². The molecule has 1 unspecified atom stereocenters. The standard InChI is InChI=1S/C23H24N4O4S/c1-27-14-24-26-21(27)13-32-11-10-20(22(28)29)25-23(30)31-12-19-17-8-4-2-6-15(17)16-7-3-5-9-18(16)19/h2-9,14,19-20H,10-13H2,1H3,(H,25,30)(H,28,29). The van der Waals surface area contributed by atoms with Crippen molar-refractivity contribution in [1.29, 1.82) is 0 Å². The SMILES string of the molecule is Cn1cnnc1CSCCC(NC(=O)OCC1c2ccccc2-c2ccccc21)C(=O)O.